The Kier molecular flexibility index (Phi) is 5.93. The molecule has 4 nitrogen and oxygen atoms in total. The highest BCUT2D eigenvalue weighted by Crippen LogP contribution is 2.21. The zero-order valence-corrected chi connectivity index (χ0v) is 14.8. The minimum absolute atomic E-state index is 0.500. The van der Waals surface area contributed by atoms with Crippen LogP contribution >= 0.6 is 22.6 Å². The lowest BCUT2D eigenvalue weighted by Crippen LogP contribution is -2.10. The fourth-order valence-electron chi connectivity index (χ4n) is 2.03. The molecule has 0 saturated heterocycles. The molecule has 2 rings (SSSR count). The molecule has 0 radical (unpaired) electrons. The molecule has 0 spiro atoms. The summed E-state index contributed by atoms with van der Waals surface area (Å²) in [7, 11) is 1.69. The molecule has 0 saturated carbocycles. The second-order valence-electron chi connectivity index (χ2n) is 4.87. The van der Waals surface area contributed by atoms with Crippen LogP contribution in [0.3, 0.4) is 0 Å². The van der Waals surface area contributed by atoms with Crippen molar-refractivity contribution in [3.8, 4) is 0 Å². The van der Waals surface area contributed by atoms with E-state index in [1.807, 2.05) is 0 Å². The molecule has 0 fully saturated rings. The average Bonchev–Trinajstić information content (AvgIpc) is 2.47. The number of rotatable bonds is 6. The van der Waals surface area contributed by atoms with Crippen LogP contribution in [0.15, 0.2) is 24.3 Å². The van der Waals surface area contributed by atoms with Crippen LogP contribution in [0.5, 0.6) is 0 Å². The molecule has 5 heteroatoms. The monoisotopic (exact) mass is 397 g/mol. The summed E-state index contributed by atoms with van der Waals surface area (Å²) in [5, 5.41) is 3.30. The summed E-state index contributed by atoms with van der Waals surface area (Å²) < 4.78 is 6.27. The number of nitrogens with zero attached hydrogens (tertiary/aromatic N) is 2. The van der Waals surface area contributed by atoms with Gasteiger partial charge in [0.1, 0.15) is 11.6 Å². The van der Waals surface area contributed by atoms with Crippen LogP contribution in [-0.4, -0.2) is 23.6 Å². The van der Waals surface area contributed by atoms with Gasteiger partial charge in [0.25, 0.3) is 0 Å². The average molecular weight is 397 g/mol. The van der Waals surface area contributed by atoms with Gasteiger partial charge in [-0.15, -0.1) is 0 Å². The van der Waals surface area contributed by atoms with Gasteiger partial charge in [-0.1, -0.05) is 29.8 Å². The molecular formula is C16H20IN3O. The molecule has 0 unspecified atom stereocenters. The van der Waals surface area contributed by atoms with E-state index in [2.05, 4.69) is 76.0 Å². The maximum Gasteiger partial charge on any atom is 0.143 e. The van der Waals surface area contributed by atoms with E-state index < -0.39 is 0 Å². The van der Waals surface area contributed by atoms with Gasteiger partial charge in [0.15, 0.2) is 0 Å². The first-order valence-electron chi connectivity index (χ1n) is 6.97. The number of hydrogen-bond donors (Lipinski definition) is 1. The van der Waals surface area contributed by atoms with Crippen molar-refractivity contribution in [2.45, 2.75) is 26.9 Å². The highest BCUT2D eigenvalue weighted by Gasteiger charge is 2.12. The summed E-state index contributed by atoms with van der Waals surface area (Å²) in [6.07, 6.45) is 0.728. The lowest BCUT2D eigenvalue weighted by Gasteiger charge is -2.12. The maximum absolute atomic E-state index is 5.24. The topological polar surface area (TPSA) is 47.0 Å². The van der Waals surface area contributed by atoms with Crippen LogP contribution in [0.2, 0.25) is 0 Å². The zero-order chi connectivity index (χ0) is 15.2. The third-order valence-corrected chi connectivity index (χ3v) is 4.21. The van der Waals surface area contributed by atoms with E-state index in [0.717, 1.165) is 33.9 Å². The van der Waals surface area contributed by atoms with E-state index in [1.165, 1.54) is 11.1 Å². The molecule has 2 aromatic rings. The largest absolute Gasteiger partial charge is 0.378 e. The van der Waals surface area contributed by atoms with Crippen LogP contribution in [0.25, 0.3) is 0 Å². The molecular weight excluding hydrogens is 377 g/mol. The lowest BCUT2D eigenvalue weighted by atomic mass is 10.1. The standard InChI is InChI=1S/C16H20IN3O/c1-4-18-16-15(17)13(10-21-3)19-14(20-16)9-12-7-5-11(2)6-8-12/h5-8H,4,9-10H2,1-3H3,(H,18,19,20). The van der Waals surface area contributed by atoms with Crippen molar-refractivity contribution >= 4 is 28.4 Å². The van der Waals surface area contributed by atoms with Crippen molar-refractivity contribution in [3.63, 3.8) is 0 Å². The number of anilines is 1. The molecule has 0 aliphatic rings. The number of benzene rings is 1. The van der Waals surface area contributed by atoms with Gasteiger partial charge in [-0.2, -0.15) is 0 Å². The Balaban J connectivity index is 2.31. The maximum atomic E-state index is 5.24. The summed E-state index contributed by atoms with van der Waals surface area (Å²) in [5.41, 5.74) is 3.41. The number of aryl methyl sites for hydroxylation is 1. The van der Waals surface area contributed by atoms with Gasteiger partial charge in [-0.3, -0.25) is 0 Å². The highest BCUT2D eigenvalue weighted by atomic mass is 127. The van der Waals surface area contributed by atoms with E-state index in [9.17, 15) is 0 Å². The molecule has 0 aliphatic carbocycles. The molecule has 0 bridgehead atoms. The van der Waals surface area contributed by atoms with Crippen molar-refractivity contribution in [2.24, 2.45) is 0 Å². The Bertz CT molecular complexity index is 572. The SMILES string of the molecule is CCNc1nc(Cc2ccc(C)cc2)nc(COC)c1I. The summed E-state index contributed by atoms with van der Waals surface area (Å²) >= 11 is 2.27. The summed E-state index contributed by atoms with van der Waals surface area (Å²) in [6, 6.07) is 8.48. The number of aromatic nitrogens is 2. The predicted octanol–water partition coefficient (Wildman–Crippen LogP) is 3.56. The van der Waals surface area contributed by atoms with Crippen molar-refractivity contribution < 1.29 is 4.74 Å². The Hall–Kier alpha value is -1.21. The number of halogens is 1. The number of methoxy groups -OCH3 is 1. The molecule has 1 heterocycles. The Morgan fingerprint density at radius 2 is 1.90 bits per heavy atom. The molecule has 0 atom stereocenters. The van der Waals surface area contributed by atoms with Gasteiger partial charge in [-0.05, 0) is 42.0 Å². The van der Waals surface area contributed by atoms with E-state index in [1.54, 1.807) is 7.11 Å². The third-order valence-electron chi connectivity index (χ3n) is 3.07. The second kappa shape index (κ2) is 7.70. The summed E-state index contributed by atoms with van der Waals surface area (Å²) in [5.74, 6) is 1.71. The zero-order valence-electron chi connectivity index (χ0n) is 12.6. The highest BCUT2D eigenvalue weighted by molar-refractivity contribution is 14.1. The van der Waals surface area contributed by atoms with Gasteiger partial charge in [0, 0.05) is 20.1 Å². The van der Waals surface area contributed by atoms with Crippen molar-refractivity contribution in [1.82, 2.24) is 9.97 Å². The van der Waals surface area contributed by atoms with E-state index >= 15 is 0 Å². The van der Waals surface area contributed by atoms with E-state index in [-0.39, 0.29) is 0 Å². The first-order valence-corrected chi connectivity index (χ1v) is 8.05. The normalized spacial score (nSPS) is 10.7. The van der Waals surface area contributed by atoms with Crippen LogP contribution in [0, 0.1) is 10.5 Å². The van der Waals surface area contributed by atoms with Crippen molar-refractivity contribution in [2.75, 3.05) is 19.0 Å². The lowest BCUT2D eigenvalue weighted by molar-refractivity contribution is 0.180. The minimum atomic E-state index is 0.500. The molecule has 0 amide bonds. The molecule has 21 heavy (non-hydrogen) atoms. The molecule has 1 N–H and O–H groups in total. The second-order valence-corrected chi connectivity index (χ2v) is 5.95. The van der Waals surface area contributed by atoms with Gasteiger partial charge in [0.05, 0.1) is 15.9 Å². The van der Waals surface area contributed by atoms with Crippen LogP contribution < -0.4 is 5.32 Å². The molecule has 1 aromatic carbocycles. The van der Waals surface area contributed by atoms with E-state index in [4.69, 9.17) is 4.74 Å². The molecule has 112 valence electrons. The number of hydrogen-bond acceptors (Lipinski definition) is 4. The fraction of sp³-hybridized carbons (Fsp3) is 0.375. The summed E-state index contributed by atoms with van der Waals surface area (Å²) in [4.78, 5) is 9.28. The smallest absolute Gasteiger partial charge is 0.143 e. The van der Waals surface area contributed by atoms with Gasteiger partial charge in [-0.25, -0.2) is 9.97 Å². The summed E-state index contributed by atoms with van der Waals surface area (Å²) in [6.45, 7) is 5.49. The van der Waals surface area contributed by atoms with Crippen LogP contribution in [0.4, 0.5) is 5.82 Å². The Morgan fingerprint density at radius 1 is 1.19 bits per heavy atom. The number of ether oxygens (including phenoxy) is 1. The van der Waals surface area contributed by atoms with Gasteiger partial charge < -0.3 is 10.1 Å². The predicted molar refractivity (Wildman–Crippen MR) is 93.6 cm³/mol. The third kappa shape index (κ3) is 4.38. The molecule has 1 aromatic heterocycles. The molecule has 0 aliphatic heterocycles. The van der Waals surface area contributed by atoms with Gasteiger partial charge >= 0.3 is 0 Å². The van der Waals surface area contributed by atoms with Crippen LogP contribution in [0.1, 0.15) is 29.6 Å². The quantitative estimate of drug-likeness (QED) is 0.758. The minimum Gasteiger partial charge on any atom is -0.378 e. The fourth-order valence-corrected chi connectivity index (χ4v) is 2.62. The first-order chi connectivity index (χ1) is 10.1. The number of nitrogens with one attached hydrogen (secondary N) is 1. The Morgan fingerprint density at radius 3 is 2.52 bits per heavy atom. The van der Waals surface area contributed by atoms with Gasteiger partial charge in [0.2, 0.25) is 0 Å². The Labute approximate surface area is 139 Å². The van der Waals surface area contributed by atoms with Crippen LogP contribution in [-0.2, 0) is 17.8 Å². The van der Waals surface area contributed by atoms with Crippen molar-refractivity contribution in [3.05, 3.63) is 50.5 Å². The van der Waals surface area contributed by atoms with E-state index in [0.29, 0.717) is 6.61 Å². The first kappa shape index (κ1) is 16.2. The van der Waals surface area contributed by atoms with Crippen molar-refractivity contribution in [1.29, 1.82) is 0 Å².